The molecule has 1 unspecified atom stereocenters. The minimum absolute atomic E-state index is 0. The molecule has 1 fully saturated rings. The van der Waals surface area contributed by atoms with Crippen molar-refractivity contribution in [1.82, 2.24) is 14.6 Å². The molecule has 1 atom stereocenters. The fourth-order valence-corrected chi connectivity index (χ4v) is 3.77. The zero-order valence-corrected chi connectivity index (χ0v) is 15.5. The van der Waals surface area contributed by atoms with Gasteiger partial charge < -0.3 is 10.6 Å². The Bertz CT molecular complexity index is 620. The molecule has 0 bridgehead atoms. The van der Waals surface area contributed by atoms with Crippen molar-refractivity contribution in [3.05, 3.63) is 16.1 Å². The number of thiazole rings is 1. The van der Waals surface area contributed by atoms with Crippen molar-refractivity contribution in [2.75, 3.05) is 19.3 Å². The zero-order chi connectivity index (χ0) is 16.2. The Balaban J connectivity index is 0.00000264. The lowest BCUT2D eigenvalue weighted by Gasteiger charge is -2.35. The summed E-state index contributed by atoms with van der Waals surface area (Å²) in [6.45, 7) is 1.37. The first-order valence-electron chi connectivity index (χ1n) is 7.31. The van der Waals surface area contributed by atoms with E-state index in [0.717, 1.165) is 30.5 Å². The van der Waals surface area contributed by atoms with Gasteiger partial charge in [-0.15, -0.1) is 23.7 Å². The second kappa shape index (κ2) is 8.93. The molecule has 1 saturated heterocycles. The van der Waals surface area contributed by atoms with Crippen LogP contribution in [0.2, 0.25) is 0 Å². The summed E-state index contributed by atoms with van der Waals surface area (Å²) in [5.41, 5.74) is 5.97. The lowest BCUT2D eigenvalue weighted by Crippen LogP contribution is -2.45. The lowest BCUT2D eigenvalue weighted by molar-refractivity contribution is 0.0598. The third-order valence-electron chi connectivity index (χ3n) is 3.68. The van der Waals surface area contributed by atoms with Gasteiger partial charge in [0.05, 0.1) is 6.26 Å². The maximum atomic E-state index is 12.6. The van der Waals surface area contributed by atoms with Gasteiger partial charge in [0.25, 0.3) is 5.91 Å². The van der Waals surface area contributed by atoms with Crippen LogP contribution in [0.15, 0.2) is 5.38 Å². The number of sulfonamides is 1. The Labute approximate surface area is 147 Å². The number of amides is 1. The summed E-state index contributed by atoms with van der Waals surface area (Å²) in [5.74, 6) is -0.0833. The summed E-state index contributed by atoms with van der Waals surface area (Å²) in [4.78, 5) is 18.7. The van der Waals surface area contributed by atoms with E-state index in [2.05, 4.69) is 9.71 Å². The third kappa shape index (κ3) is 6.00. The van der Waals surface area contributed by atoms with Crippen molar-refractivity contribution in [3.8, 4) is 0 Å². The summed E-state index contributed by atoms with van der Waals surface area (Å²) in [6, 6.07) is 0.0542. The van der Waals surface area contributed by atoms with Crippen LogP contribution < -0.4 is 10.5 Å². The van der Waals surface area contributed by atoms with Crippen LogP contribution >= 0.6 is 23.7 Å². The van der Waals surface area contributed by atoms with Crippen LogP contribution in [0.4, 0.5) is 0 Å². The topological polar surface area (TPSA) is 105 Å². The molecular formula is C13H23ClN4O3S2. The van der Waals surface area contributed by atoms with E-state index in [4.69, 9.17) is 5.73 Å². The summed E-state index contributed by atoms with van der Waals surface area (Å²) in [7, 11) is -3.19. The van der Waals surface area contributed by atoms with E-state index in [9.17, 15) is 13.2 Å². The number of nitrogens with one attached hydrogen (secondary N) is 1. The van der Waals surface area contributed by atoms with Gasteiger partial charge >= 0.3 is 0 Å². The minimum atomic E-state index is -3.19. The number of nitrogens with zero attached hydrogens (tertiary/aromatic N) is 2. The van der Waals surface area contributed by atoms with E-state index >= 15 is 0 Å². The molecule has 0 aromatic carbocycles. The van der Waals surface area contributed by atoms with Crippen molar-refractivity contribution in [1.29, 1.82) is 0 Å². The average molecular weight is 383 g/mol. The van der Waals surface area contributed by atoms with Gasteiger partial charge in [0.1, 0.15) is 10.7 Å². The van der Waals surface area contributed by atoms with Gasteiger partial charge in [-0.3, -0.25) is 4.79 Å². The van der Waals surface area contributed by atoms with Gasteiger partial charge in [0, 0.05) is 31.1 Å². The maximum Gasteiger partial charge on any atom is 0.273 e. The van der Waals surface area contributed by atoms with Gasteiger partial charge in [-0.2, -0.15) is 0 Å². The summed E-state index contributed by atoms with van der Waals surface area (Å²) >= 11 is 1.39. The van der Waals surface area contributed by atoms with Gasteiger partial charge in [-0.25, -0.2) is 18.1 Å². The predicted molar refractivity (Wildman–Crippen MR) is 93.4 cm³/mol. The largest absolute Gasteiger partial charge is 0.334 e. The molecular weight excluding hydrogens is 360 g/mol. The molecule has 7 nitrogen and oxygen atoms in total. The van der Waals surface area contributed by atoms with Gasteiger partial charge in [-0.05, 0) is 25.7 Å². The smallest absolute Gasteiger partial charge is 0.273 e. The van der Waals surface area contributed by atoms with E-state index in [1.807, 2.05) is 4.90 Å². The van der Waals surface area contributed by atoms with Gasteiger partial charge in [0.2, 0.25) is 10.0 Å². The number of hydrogen-bond donors (Lipinski definition) is 2. The molecule has 10 heteroatoms. The maximum absolute atomic E-state index is 12.6. The highest BCUT2D eigenvalue weighted by Crippen LogP contribution is 2.22. The number of hydrogen-bond acceptors (Lipinski definition) is 6. The molecule has 3 N–H and O–H groups in total. The number of nitrogens with two attached hydrogens (primary N) is 1. The lowest BCUT2D eigenvalue weighted by atomic mass is 9.99. The second-order valence-electron chi connectivity index (χ2n) is 5.43. The van der Waals surface area contributed by atoms with Crippen LogP contribution in [0.3, 0.4) is 0 Å². The molecule has 1 aliphatic heterocycles. The van der Waals surface area contributed by atoms with Crippen LogP contribution in [0, 0.1) is 0 Å². The monoisotopic (exact) mass is 382 g/mol. The zero-order valence-electron chi connectivity index (χ0n) is 13.0. The highest BCUT2D eigenvalue weighted by atomic mass is 35.5. The van der Waals surface area contributed by atoms with Crippen LogP contribution in [0.25, 0.3) is 0 Å². The first-order chi connectivity index (χ1) is 10.4. The first kappa shape index (κ1) is 20.3. The fourth-order valence-electron chi connectivity index (χ4n) is 2.63. The van der Waals surface area contributed by atoms with E-state index in [1.54, 1.807) is 5.38 Å². The van der Waals surface area contributed by atoms with Gasteiger partial charge in [0.15, 0.2) is 0 Å². The van der Waals surface area contributed by atoms with Crippen molar-refractivity contribution >= 4 is 39.7 Å². The first-order valence-corrected chi connectivity index (χ1v) is 10.1. The molecule has 0 saturated carbocycles. The predicted octanol–water partition coefficient (Wildman–Crippen LogP) is 0.958. The average Bonchev–Trinajstić information content (AvgIpc) is 2.95. The van der Waals surface area contributed by atoms with Crippen molar-refractivity contribution < 1.29 is 13.2 Å². The Morgan fingerprint density at radius 3 is 2.87 bits per heavy atom. The summed E-state index contributed by atoms with van der Waals surface area (Å²) < 4.78 is 24.8. The molecule has 2 heterocycles. The molecule has 1 aromatic rings. The molecule has 1 aliphatic rings. The van der Waals surface area contributed by atoms with Crippen LogP contribution in [-0.4, -0.2) is 49.6 Å². The molecule has 0 spiro atoms. The molecule has 0 aliphatic carbocycles. The Morgan fingerprint density at radius 2 is 2.26 bits per heavy atom. The Kier molecular flexibility index (Phi) is 7.88. The quantitative estimate of drug-likeness (QED) is 0.762. The van der Waals surface area contributed by atoms with Gasteiger partial charge in [-0.1, -0.05) is 0 Å². The van der Waals surface area contributed by atoms with E-state index < -0.39 is 10.0 Å². The summed E-state index contributed by atoms with van der Waals surface area (Å²) in [6.07, 6.45) is 4.67. The van der Waals surface area contributed by atoms with E-state index in [0.29, 0.717) is 31.7 Å². The SMILES string of the molecule is CS(=O)(=O)NCCC1CCCCN1C(=O)c1csc(CN)n1.Cl. The number of aromatic nitrogens is 1. The van der Waals surface area contributed by atoms with Crippen LogP contribution in [0.5, 0.6) is 0 Å². The number of rotatable bonds is 6. The molecule has 1 aromatic heterocycles. The standard InChI is InChI=1S/C13H22N4O3S2.ClH/c1-22(19,20)15-6-5-10-4-2-3-7-17(10)13(18)11-9-21-12(8-14)16-11;/h9-10,15H,2-8,14H2,1H3;1H. The summed E-state index contributed by atoms with van der Waals surface area (Å²) in [5, 5.41) is 2.49. The molecule has 0 radical (unpaired) electrons. The second-order valence-corrected chi connectivity index (χ2v) is 8.21. The Hall–Kier alpha value is -0.740. The molecule has 23 heavy (non-hydrogen) atoms. The number of halogens is 1. The number of likely N-dealkylation sites (tertiary alicyclic amines) is 1. The molecule has 132 valence electrons. The highest BCUT2D eigenvalue weighted by Gasteiger charge is 2.28. The van der Waals surface area contributed by atoms with E-state index in [1.165, 1.54) is 11.3 Å². The van der Waals surface area contributed by atoms with Crippen LogP contribution in [-0.2, 0) is 16.6 Å². The fraction of sp³-hybridized carbons (Fsp3) is 0.692. The molecule has 2 rings (SSSR count). The Morgan fingerprint density at radius 1 is 1.52 bits per heavy atom. The normalized spacial score (nSPS) is 18.5. The van der Waals surface area contributed by atoms with Crippen molar-refractivity contribution in [2.45, 2.75) is 38.3 Å². The van der Waals surface area contributed by atoms with Crippen molar-refractivity contribution in [3.63, 3.8) is 0 Å². The number of carbonyl (C=O) groups is 1. The van der Waals surface area contributed by atoms with Crippen molar-refractivity contribution in [2.24, 2.45) is 5.73 Å². The third-order valence-corrected chi connectivity index (χ3v) is 5.27. The number of carbonyl (C=O) groups excluding carboxylic acids is 1. The van der Waals surface area contributed by atoms with Crippen LogP contribution in [0.1, 0.15) is 41.2 Å². The minimum Gasteiger partial charge on any atom is -0.334 e. The highest BCUT2D eigenvalue weighted by molar-refractivity contribution is 7.88. The van der Waals surface area contributed by atoms with E-state index in [-0.39, 0.29) is 24.4 Å². The molecule has 1 amide bonds. The number of piperidine rings is 1.